The van der Waals surface area contributed by atoms with Crippen molar-refractivity contribution in [1.82, 2.24) is 15.6 Å². The van der Waals surface area contributed by atoms with Crippen LogP contribution in [0, 0.1) is 0 Å². The van der Waals surface area contributed by atoms with Crippen LogP contribution >= 0.6 is 0 Å². The average Bonchev–Trinajstić information content (AvgIpc) is 3.24. The van der Waals surface area contributed by atoms with Crippen LogP contribution in [0.25, 0.3) is 10.9 Å². The number of hydrogen-bond donors (Lipinski definition) is 6. The van der Waals surface area contributed by atoms with Crippen LogP contribution in [-0.2, 0) is 32.0 Å². The van der Waals surface area contributed by atoms with E-state index in [9.17, 15) is 24.3 Å². The van der Waals surface area contributed by atoms with E-state index in [1.165, 1.54) is 0 Å². The minimum atomic E-state index is -1.34. The Labute approximate surface area is 202 Å². The Hall–Kier alpha value is -4.18. The van der Waals surface area contributed by atoms with Crippen molar-refractivity contribution in [2.24, 2.45) is 11.5 Å². The number of rotatable bonds is 12. The van der Waals surface area contributed by atoms with Gasteiger partial charge in [0.2, 0.25) is 17.7 Å². The quantitative estimate of drug-likeness (QED) is 0.221. The number of nitrogens with one attached hydrogen (secondary N) is 3. The second-order valence-electron chi connectivity index (χ2n) is 8.33. The van der Waals surface area contributed by atoms with E-state index in [0.717, 1.165) is 22.0 Å². The number of fused-ring (bicyclic) bond motifs is 1. The molecule has 0 aliphatic carbocycles. The standard InChI is InChI=1S/C25H29N5O5/c26-18(12-15-6-2-1-3-7-15)23(32)30-21(13-16-14-28-19-9-5-4-8-17(16)19)24(33)29-20(25(34)35)10-11-22(27)31/h1-9,14,18,20-21,28H,10-13,26H2,(H2,27,31)(H,29,33)(H,30,32)(H,34,35)/t18-,20-,21-/m0/s1. The molecule has 1 aromatic heterocycles. The lowest BCUT2D eigenvalue weighted by atomic mass is 10.0. The number of H-pyrrole nitrogens is 1. The molecule has 3 atom stereocenters. The number of carboxylic acids is 1. The van der Waals surface area contributed by atoms with Crippen molar-refractivity contribution < 1.29 is 24.3 Å². The molecule has 0 saturated heterocycles. The van der Waals surface area contributed by atoms with Crippen LogP contribution in [0.2, 0.25) is 0 Å². The molecule has 0 spiro atoms. The molecule has 3 amide bonds. The normalized spacial score (nSPS) is 13.5. The largest absolute Gasteiger partial charge is 0.480 e. The number of nitrogens with two attached hydrogens (primary N) is 2. The van der Waals surface area contributed by atoms with Gasteiger partial charge in [-0.15, -0.1) is 0 Å². The summed E-state index contributed by atoms with van der Waals surface area (Å²) in [5.41, 5.74) is 13.7. The lowest BCUT2D eigenvalue weighted by Crippen LogP contribution is -2.55. The molecule has 0 unspecified atom stereocenters. The van der Waals surface area contributed by atoms with Crippen LogP contribution in [0.3, 0.4) is 0 Å². The van der Waals surface area contributed by atoms with Gasteiger partial charge in [0, 0.05) is 29.9 Å². The van der Waals surface area contributed by atoms with Gasteiger partial charge in [-0.25, -0.2) is 4.79 Å². The highest BCUT2D eigenvalue weighted by molar-refractivity contribution is 5.93. The summed E-state index contributed by atoms with van der Waals surface area (Å²) in [5.74, 6) is -3.23. The maximum absolute atomic E-state index is 13.1. The molecule has 35 heavy (non-hydrogen) atoms. The first-order valence-electron chi connectivity index (χ1n) is 11.2. The number of aromatic amines is 1. The summed E-state index contributed by atoms with van der Waals surface area (Å²) in [4.78, 5) is 51.8. The molecule has 0 radical (unpaired) electrons. The number of aliphatic carboxylic acids is 1. The fourth-order valence-corrected chi connectivity index (χ4v) is 3.79. The summed E-state index contributed by atoms with van der Waals surface area (Å²) in [6.45, 7) is 0. The highest BCUT2D eigenvalue weighted by Gasteiger charge is 2.29. The Morgan fingerprint density at radius 1 is 0.886 bits per heavy atom. The van der Waals surface area contributed by atoms with Crippen molar-refractivity contribution in [3.8, 4) is 0 Å². The molecule has 0 saturated carbocycles. The van der Waals surface area contributed by atoms with E-state index in [-0.39, 0.29) is 25.7 Å². The van der Waals surface area contributed by atoms with Gasteiger partial charge in [0.25, 0.3) is 0 Å². The van der Waals surface area contributed by atoms with Crippen molar-refractivity contribution in [3.05, 3.63) is 71.9 Å². The molecule has 0 aliphatic heterocycles. The van der Waals surface area contributed by atoms with Gasteiger partial charge in [0.1, 0.15) is 12.1 Å². The van der Waals surface area contributed by atoms with Crippen molar-refractivity contribution in [2.75, 3.05) is 0 Å². The highest BCUT2D eigenvalue weighted by Crippen LogP contribution is 2.19. The fourth-order valence-electron chi connectivity index (χ4n) is 3.79. The van der Waals surface area contributed by atoms with E-state index in [1.807, 2.05) is 54.6 Å². The molecule has 184 valence electrons. The lowest BCUT2D eigenvalue weighted by Gasteiger charge is -2.23. The van der Waals surface area contributed by atoms with E-state index in [4.69, 9.17) is 11.5 Å². The Morgan fingerprint density at radius 3 is 2.23 bits per heavy atom. The predicted molar refractivity (Wildman–Crippen MR) is 130 cm³/mol. The molecule has 2 aromatic carbocycles. The van der Waals surface area contributed by atoms with E-state index in [0.29, 0.717) is 0 Å². The summed E-state index contributed by atoms with van der Waals surface area (Å²) < 4.78 is 0. The number of hydrogen-bond acceptors (Lipinski definition) is 5. The average molecular weight is 480 g/mol. The first kappa shape index (κ1) is 25.4. The van der Waals surface area contributed by atoms with Gasteiger partial charge >= 0.3 is 5.97 Å². The third-order valence-electron chi connectivity index (χ3n) is 5.66. The smallest absolute Gasteiger partial charge is 0.326 e. The summed E-state index contributed by atoms with van der Waals surface area (Å²) in [6.07, 6.45) is 1.73. The maximum Gasteiger partial charge on any atom is 0.326 e. The number of carbonyl (C=O) groups is 4. The number of amides is 3. The van der Waals surface area contributed by atoms with Crippen LogP contribution in [0.5, 0.6) is 0 Å². The summed E-state index contributed by atoms with van der Waals surface area (Å²) >= 11 is 0. The highest BCUT2D eigenvalue weighted by atomic mass is 16.4. The predicted octanol–water partition coefficient (Wildman–Crippen LogP) is 0.600. The van der Waals surface area contributed by atoms with Crippen molar-refractivity contribution in [2.45, 2.75) is 43.8 Å². The number of carboxylic acid groups (broad SMARTS) is 1. The second kappa shape index (κ2) is 11.8. The van der Waals surface area contributed by atoms with Gasteiger partial charge in [0.15, 0.2) is 0 Å². The number of benzene rings is 2. The molecular weight excluding hydrogens is 450 g/mol. The third-order valence-corrected chi connectivity index (χ3v) is 5.66. The zero-order valence-corrected chi connectivity index (χ0v) is 19.1. The topological polar surface area (TPSA) is 180 Å². The van der Waals surface area contributed by atoms with Crippen LogP contribution in [-0.4, -0.2) is 51.9 Å². The fraction of sp³-hybridized carbons (Fsp3) is 0.280. The number of carbonyl (C=O) groups excluding carboxylic acids is 3. The zero-order chi connectivity index (χ0) is 25.4. The minimum Gasteiger partial charge on any atom is -0.480 e. The second-order valence-corrected chi connectivity index (χ2v) is 8.33. The number of para-hydroxylation sites is 1. The Kier molecular flexibility index (Phi) is 8.58. The van der Waals surface area contributed by atoms with E-state index in [1.54, 1.807) is 6.20 Å². The van der Waals surface area contributed by atoms with Gasteiger partial charge in [-0.1, -0.05) is 48.5 Å². The molecule has 10 heteroatoms. The summed E-state index contributed by atoms with van der Waals surface area (Å²) in [6, 6.07) is 13.4. The monoisotopic (exact) mass is 479 g/mol. The summed E-state index contributed by atoms with van der Waals surface area (Å²) in [7, 11) is 0. The van der Waals surface area contributed by atoms with Gasteiger partial charge in [0.05, 0.1) is 6.04 Å². The molecule has 0 fully saturated rings. The molecule has 1 heterocycles. The van der Waals surface area contributed by atoms with Gasteiger partial charge < -0.3 is 32.2 Å². The van der Waals surface area contributed by atoms with E-state index >= 15 is 0 Å². The lowest BCUT2D eigenvalue weighted by molar-refractivity contribution is -0.142. The molecule has 10 nitrogen and oxygen atoms in total. The maximum atomic E-state index is 13.1. The molecule has 0 aliphatic rings. The molecule has 3 aromatic rings. The number of primary amides is 1. The SMILES string of the molecule is NC(=O)CC[C@H](NC(=O)[C@H](Cc1c[nH]c2ccccc12)NC(=O)[C@@H](N)Cc1ccccc1)C(=O)O. The molecule has 8 N–H and O–H groups in total. The van der Waals surface area contributed by atoms with Crippen molar-refractivity contribution in [1.29, 1.82) is 0 Å². The van der Waals surface area contributed by atoms with E-state index in [2.05, 4.69) is 15.6 Å². The van der Waals surface area contributed by atoms with Crippen LogP contribution in [0.15, 0.2) is 60.8 Å². The zero-order valence-electron chi connectivity index (χ0n) is 19.1. The Bertz CT molecular complexity index is 1190. The van der Waals surface area contributed by atoms with Crippen LogP contribution in [0.1, 0.15) is 24.0 Å². The molecule has 0 bridgehead atoms. The number of aromatic nitrogens is 1. The van der Waals surface area contributed by atoms with E-state index < -0.39 is 41.8 Å². The Balaban J connectivity index is 1.78. The van der Waals surface area contributed by atoms with Gasteiger partial charge in [-0.05, 0) is 30.0 Å². The Morgan fingerprint density at radius 2 is 1.54 bits per heavy atom. The van der Waals surface area contributed by atoms with Crippen LogP contribution in [0.4, 0.5) is 0 Å². The van der Waals surface area contributed by atoms with Gasteiger partial charge in [-0.2, -0.15) is 0 Å². The molecular formula is C25H29N5O5. The van der Waals surface area contributed by atoms with Crippen LogP contribution < -0.4 is 22.1 Å². The van der Waals surface area contributed by atoms with Gasteiger partial charge in [-0.3, -0.25) is 14.4 Å². The van der Waals surface area contributed by atoms with Crippen molar-refractivity contribution >= 4 is 34.6 Å². The van der Waals surface area contributed by atoms with Crippen molar-refractivity contribution in [3.63, 3.8) is 0 Å². The summed E-state index contributed by atoms with van der Waals surface area (Å²) in [5, 5.41) is 15.4. The molecule has 3 rings (SSSR count). The third kappa shape index (κ3) is 7.15. The minimum absolute atomic E-state index is 0.0990. The first-order valence-corrected chi connectivity index (χ1v) is 11.2. The first-order chi connectivity index (χ1) is 16.7.